The minimum Gasteiger partial charge on any atom is -0.345 e. The Labute approximate surface area is 125 Å². The largest absolute Gasteiger partial charge is 0.345 e. The first-order chi connectivity index (χ1) is 9.99. The monoisotopic (exact) mass is 287 g/mol. The number of benzene rings is 1. The van der Waals surface area contributed by atoms with Gasteiger partial charge in [-0.15, -0.1) is 0 Å². The van der Waals surface area contributed by atoms with Gasteiger partial charge in [-0.2, -0.15) is 0 Å². The fraction of sp³-hybridized carbons (Fsp3) is 0.375. The lowest BCUT2D eigenvalue weighted by Gasteiger charge is -2.15. The molecular formula is C16H21N3O2. The fourth-order valence-corrected chi connectivity index (χ4v) is 1.67. The number of carbonyl (C=O) groups excluding carboxylic acids is 2. The van der Waals surface area contributed by atoms with Crippen molar-refractivity contribution in [2.24, 2.45) is 5.73 Å². The van der Waals surface area contributed by atoms with Crippen LogP contribution in [0.15, 0.2) is 18.2 Å². The van der Waals surface area contributed by atoms with Crippen molar-refractivity contribution in [2.75, 3.05) is 26.7 Å². The zero-order chi connectivity index (χ0) is 15.8. The number of aryl methyl sites for hydroxylation is 1. The Bertz CT molecular complexity index is 585. The summed E-state index contributed by atoms with van der Waals surface area (Å²) in [7, 11) is 1.69. The fourth-order valence-electron chi connectivity index (χ4n) is 1.67. The van der Waals surface area contributed by atoms with Crippen molar-refractivity contribution in [2.45, 2.75) is 13.8 Å². The summed E-state index contributed by atoms with van der Waals surface area (Å²) in [4.78, 5) is 25.4. The molecule has 0 saturated carbocycles. The molecule has 1 aromatic carbocycles. The molecule has 0 aliphatic carbocycles. The van der Waals surface area contributed by atoms with Gasteiger partial charge in [0.05, 0.1) is 18.7 Å². The maximum Gasteiger partial charge on any atom is 0.252 e. The van der Waals surface area contributed by atoms with Gasteiger partial charge in [-0.05, 0) is 31.5 Å². The molecule has 0 saturated heterocycles. The number of hydrogen-bond donors (Lipinski definition) is 2. The third-order valence-corrected chi connectivity index (χ3v) is 3.05. The number of hydrogen-bond acceptors (Lipinski definition) is 3. The van der Waals surface area contributed by atoms with E-state index in [1.54, 1.807) is 18.0 Å². The van der Waals surface area contributed by atoms with Crippen LogP contribution >= 0.6 is 0 Å². The molecule has 5 heteroatoms. The average Bonchev–Trinajstić information content (AvgIpc) is 2.49. The Balaban J connectivity index is 2.85. The maximum absolute atomic E-state index is 12.2. The second kappa shape index (κ2) is 8.08. The van der Waals surface area contributed by atoms with Gasteiger partial charge in [-0.1, -0.05) is 17.9 Å². The van der Waals surface area contributed by atoms with Crippen molar-refractivity contribution < 1.29 is 9.59 Å². The lowest BCUT2D eigenvalue weighted by Crippen LogP contribution is -2.38. The molecule has 0 bridgehead atoms. The summed E-state index contributed by atoms with van der Waals surface area (Å²) in [5, 5.41) is 2.62. The molecule has 0 heterocycles. The smallest absolute Gasteiger partial charge is 0.252 e. The van der Waals surface area contributed by atoms with Crippen molar-refractivity contribution in [3.8, 4) is 11.8 Å². The highest BCUT2D eigenvalue weighted by Gasteiger charge is 2.13. The SMILES string of the molecule is CCN(C)C(=O)CNC(=O)c1ccc(C)cc1C#CCN. The second-order valence-corrected chi connectivity index (χ2v) is 4.65. The Kier molecular flexibility index (Phi) is 6.44. The Hall–Kier alpha value is -2.32. The highest BCUT2D eigenvalue weighted by Crippen LogP contribution is 2.10. The van der Waals surface area contributed by atoms with E-state index in [2.05, 4.69) is 17.2 Å². The van der Waals surface area contributed by atoms with Crippen LogP contribution in [0.5, 0.6) is 0 Å². The minimum atomic E-state index is -0.311. The van der Waals surface area contributed by atoms with Crippen LogP contribution in [-0.4, -0.2) is 43.4 Å². The highest BCUT2D eigenvalue weighted by molar-refractivity contribution is 5.98. The van der Waals surface area contributed by atoms with Gasteiger partial charge in [0.2, 0.25) is 5.91 Å². The molecule has 112 valence electrons. The number of nitrogens with zero attached hydrogens (tertiary/aromatic N) is 1. The molecule has 0 fully saturated rings. The van der Waals surface area contributed by atoms with Crippen LogP contribution in [0.3, 0.4) is 0 Å². The molecule has 1 rings (SSSR count). The van der Waals surface area contributed by atoms with E-state index in [4.69, 9.17) is 5.73 Å². The van der Waals surface area contributed by atoms with Gasteiger partial charge in [0.15, 0.2) is 0 Å². The Morgan fingerprint density at radius 2 is 2.10 bits per heavy atom. The number of nitrogens with two attached hydrogens (primary N) is 1. The van der Waals surface area contributed by atoms with E-state index in [1.807, 2.05) is 26.0 Å². The van der Waals surface area contributed by atoms with Crippen LogP contribution in [0.1, 0.15) is 28.4 Å². The van der Waals surface area contributed by atoms with Crippen LogP contribution in [0.25, 0.3) is 0 Å². The second-order valence-electron chi connectivity index (χ2n) is 4.65. The number of likely N-dealkylation sites (N-methyl/N-ethyl adjacent to an activating group) is 1. The van der Waals surface area contributed by atoms with Crippen molar-refractivity contribution in [3.63, 3.8) is 0 Å². The zero-order valence-electron chi connectivity index (χ0n) is 12.7. The molecule has 0 radical (unpaired) electrons. The molecule has 0 unspecified atom stereocenters. The van der Waals surface area contributed by atoms with Gasteiger partial charge < -0.3 is 16.0 Å². The average molecular weight is 287 g/mol. The lowest BCUT2D eigenvalue weighted by molar-refractivity contribution is -0.128. The molecule has 0 spiro atoms. The summed E-state index contributed by atoms with van der Waals surface area (Å²) in [6, 6.07) is 5.37. The molecule has 0 aliphatic rings. The van der Waals surface area contributed by atoms with Crippen LogP contribution < -0.4 is 11.1 Å². The number of rotatable bonds is 4. The summed E-state index contributed by atoms with van der Waals surface area (Å²) in [6.45, 7) is 4.61. The van der Waals surface area contributed by atoms with Gasteiger partial charge >= 0.3 is 0 Å². The predicted octanol–water partition coefficient (Wildman–Crippen LogP) is 0.513. The van der Waals surface area contributed by atoms with E-state index < -0.39 is 0 Å². The van der Waals surface area contributed by atoms with Crippen molar-refractivity contribution in [1.82, 2.24) is 10.2 Å². The van der Waals surface area contributed by atoms with Crippen LogP contribution in [-0.2, 0) is 4.79 Å². The van der Waals surface area contributed by atoms with Gasteiger partial charge in [0, 0.05) is 19.2 Å². The topological polar surface area (TPSA) is 75.4 Å². The zero-order valence-corrected chi connectivity index (χ0v) is 12.7. The molecule has 3 N–H and O–H groups in total. The first-order valence-corrected chi connectivity index (χ1v) is 6.81. The molecule has 2 amide bonds. The molecule has 21 heavy (non-hydrogen) atoms. The third kappa shape index (κ3) is 4.93. The number of amides is 2. The van der Waals surface area contributed by atoms with Gasteiger partial charge in [0.25, 0.3) is 5.91 Å². The van der Waals surface area contributed by atoms with E-state index in [0.29, 0.717) is 17.7 Å². The molecule has 0 atom stereocenters. The van der Waals surface area contributed by atoms with Gasteiger partial charge in [-0.25, -0.2) is 0 Å². The first kappa shape index (κ1) is 16.7. The normalized spacial score (nSPS) is 9.52. The molecular weight excluding hydrogens is 266 g/mol. The summed E-state index contributed by atoms with van der Waals surface area (Å²) in [5.41, 5.74) is 7.44. The van der Waals surface area contributed by atoms with Crippen molar-refractivity contribution >= 4 is 11.8 Å². The van der Waals surface area contributed by atoms with Crippen LogP contribution in [0.4, 0.5) is 0 Å². The number of nitrogens with one attached hydrogen (secondary N) is 1. The van der Waals surface area contributed by atoms with Crippen LogP contribution in [0.2, 0.25) is 0 Å². The minimum absolute atomic E-state index is 0.0270. The van der Waals surface area contributed by atoms with E-state index in [-0.39, 0.29) is 24.9 Å². The predicted molar refractivity (Wildman–Crippen MR) is 82.8 cm³/mol. The first-order valence-electron chi connectivity index (χ1n) is 6.81. The quantitative estimate of drug-likeness (QED) is 0.792. The highest BCUT2D eigenvalue weighted by atomic mass is 16.2. The number of carbonyl (C=O) groups is 2. The van der Waals surface area contributed by atoms with Crippen molar-refractivity contribution in [1.29, 1.82) is 0 Å². The van der Waals surface area contributed by atoms with Crippen LogP contribution in [0, 0.1) is 18.8 Å². The van der Waals surface area contributed by atoms with E-state index >= 15 is 0 Å². The third-order valence-electron chi connectivity index (χ3n) is 3.05. The van der Waals surface area contributed by atoms with E-state index in [9.17, 15) is 9.59 Å². The Morgan fingerprint density at radius 1 is 1.38 bits per heavy atom. The standard InChI is InChI=1S/C16H21N3O2/c1-4-19(3)15(20)11-18-16(21)14-8-7-12(2)10-13(14)6-5-9-17/h7-8,10H,4,9,11,17H2,1-3H3,(H,18,21). The molecule has 5 nitrogen and oxygen atoms in total. The molecule has 0 aromatic heterocycles. The summed E-state index contributed by atoms with van der Waals surface area (Å²) < 4.78 is 0. The van der Waals surface area contributed by atoms with Gasteiger partial charge in [-0.3, -0.25) is 9.59 Å². The van der Waals surface area contributed by atoms with Gasteiger partial charge in [0.1, 0.15) is 0 Å². The van der Waals surface area contributed by atoms with E-state index in [0.717, 1.165) is 5.56 Å². The molecule has 1 aromatic rings. The summed E-state index contributed by atoms with van der Waals surface area (Å²) >= 11 is 0. The summed E-state index contributed by atoms with van der Waals surface area (Å²) in [5.74, 6) is 5.18. The lowest BCUT2D eigenvalue weighted by atomic mass is 10.0. The Morgan fingerprint density at radius 3 is 2.71 bits per heavy atom. The maximum atomic E-state index is 12.2. The van der Waals surface area contributed by atoms with Crippen molar-refractivity contribution in [3.05, 3.63) is 34.9 Å². The van der Waals surface area contributed by atoms with E-state index in [1.165, 1.54) is 0 Å². The molecule has 0 aliphatic heterocycles. The summed E-state index contributed by atoms with van der Waals surface area (Å²) in [6.07, 6.45) is 0.